The summed E-state index contributed by atoms with van der Waals surface area (Å²) in [4.78, 5) is 0. The molecule has 0 bridgehead atoms. The summed E-state index contributed by atoms with van der Waals surface area (Å²) in [6, 6.07) is 0. The maximum atomic E-state index is 12.3. The molecule has 1 aliphatic heterocycles. The van der Waals surface area contributed by atoms with E-state index in [0.29, 0.717) is 24.2 Å². The molecule has 0 N–H and O–H groups in total. The summed E-state index contributed by atoms with van der Waals surface area (Å²) in [5.41, 5.74) is 0. The molecule has 0 aromatic carbocycles. The van der Waals surface area contributed by atoms with Gasteiger partial charge in [-0.25, -0.2) is 0 Å². The van der Waals surface area contributed by atoms with Gasteiger partial charge in [0.2, 0.25) is 0 Å². The molecule has 0 aromatic rings. The van der Waals surface area contributed by atoms with Gasteiger partial charge in [-0.1, -0.05) is 25.5 Å². The van der Waals surface area contributed by atoms with Crippen LogP contribution >= 0.6 is 0 Å². The topological polar surface area (TPSA) is 18.5 Å². The molecule has 2 nitrogen and oxygen atoms in total. The van der Waals surface area contributed by atoms with E-state index in [-0.39, 0.29) is 6.29 Å². The van der Waals surface area contributed by atoms with Gasteiger partial charge in [0.15, 0.2) is 6.29 Å². The fourth-order valence-corrected chi connectivity index (χ4v) is 5.41. The van der Waals surface area contributed by atoms with Gasteiger partial charge in [0.1, 0.15) is 0 Å². The molecule has 4 heteroatoms. The third kappa shape index (κ3) is 6.66. The number of hydrogen-bond donors (Lipinski definition) is 0. The van der Waals surface area contributed by atoms with E-state index >= 15 is 0 Å². The van der Waals surface area contributed by atoms with E-state index < -0.39 is 6.08 Å². The average molecular weight is 397 g/mol. The van der Waals surface area contributed by atoms with Crippen LogP contribution in [0.2, 0.25) is 0 Å². The zero-order valence-electron chi connectivity index (χ0n) is 17.5. The number of unbranched alkanes of at least 4 members (excludes halogenated alkanes) is 1. The maximum Gasteiger partial charge on any atom is 0.266 e. The van der Waals surface area contributed by atoms with Crippen molar-refractivity contribution in [3.8, 4) is 0 Å². The minimum atomic E-state index is -1.52. The molecular weight excluding hydrogens is 358 g/mol. The van der Waals surface area contributed by atoms with Crippen molar-refractivity contribution in [2.24, 2.45) is 29.6 Å². The molecule has 0 radical (unpaired) electrons. The van der Waals surface area contributed by atoms with E-state index in [9.17, 15) is 8.78 Å². The highest BCUT2D eigenvalue weighted by atomic mass is 19.3. The monoisotopic (exact) mass is 396 g/mol. The second-order valence-electron chi connectivity index (χ2n) is 9.20. The number of allylic oxidation sites excluding steroid dienone is 2. The zero-order valence-corrected chi connectivity index (χ0v) is 17.5. The average Bonchev–Trinajstić information content (AvgIpc) is 2.73. The number of rotatable bonds is 7. The van der Waals surface area contributed by atoms with E-state index in [2.05, 4.69) is 19.1 Å². The number of halogens is 2. The molecule has 0 atom stereocenters. The highest BCUT2D eigenvalue weighted by Gasteiger charge is 2.35. The molecule has 0 aromatic heterocycles. The summed E-state index contributed by atoms with van der Waals surface area (Å²) in [6.07, 6.45) is 16.7. The van der Waals surface area contributed by atoms with Crippen molar-refractivity contribution in [1.82, 2.24) is 0 Å². The number of ether oxygens (including phenoxy) is 2. The van der Waals surface area contributed by atoms with E-state index in [4.69, 9.17) is 9.47 Å². The first-order valence-corrected chi connectivity index (χ1v) is 11.6. The molecule has 0 spiro atoms. The summed E-state index contributed by atoms with van der Waals surface area (Å²) in [5.74, 6) is 3.05. The molecule has 28 heavy (non-hydrogen) atoms. The molecule has 3 fully saturated rings. The molecule has 160 valence electrons. The van der Waals surface area contributed by atoms with E-state index in [1.54, 1.807) is 0 Å². The first-order valence-electron chi connectivity index (χ1n) is 11.6. The molecule has 3 aliphatic rings. The van der Waals surface area contributed by atoms with Gasteiger partial charge >= 0.3 is 0 Å². The smallest absolute Gasteiger partial charge is 0.266 e. The summed E-state index contributed by atoms with van der Waals surface area (Å²) in [7, 11) is 0. The first kappa shape index (κ1) is 22.0. The SMILES string of the molecule is CCC/C=C/C1COC(C2CCC(C3CCC(CC=C(F)F)CC3)CC2)OC1. The van der Waals surface area contributed by atoms with Crippen molar-refractivity contribution in [1.29, 1.82) is 0 Å². The summed E-state index contributed by atoms with van der Waals surface area (Å²) >= 11 is 0. The van der Waals surface area contributed by atoms with Gasteiger partial charge in [-0.3, -0.25) is 0 Å². The van der Waals surface area contributed by atoms with Crippen molar-refractivity contribution < 1.29 is 18.3 Å². The number of hydrogen-bond acceptors (Lipinski definition) is 2. The molecule has 3 rings (SSSR count). The Hall–Kier alpha value is -0.740. The lowest BCUT2D eigenvalue weighted by Crippen LogP contribution is -2.38. The van der Waals surface area contributed by atoms with Crippen LogP contribution in [0.15, 0.2) is 24.3 Å². The van der Waals surface area contributed by atoms with Crippen molar-refractivity contribution in [2.45, 2.75) is 83.8 Å². The van der Waals surface area contributed by atoms with Crippen LogP contribution in [0.1, 0.15) is 77.6 Å². The first-order chi connectivity index (χ1) is 13.7. The van der Waals surface area contributed by atoms with Crippen molar-refractivity contribution in [2.75, 3.05) is 13.2 Å². The highest BCUT2D eigenvalue weighted by molar-refractivity contribution is 4.91. The van der Waals surface area contributed by atoms with E-state index in [0.717, 1.165) is 50.4 Å². The van der Waals surface area contributed by atoms with Crippen molar-refractivity contribution >= 4 is 0 Å². The van der Waals surface area contributed by atoms with E-state index in [1.165, 1.54) is 44.9 Å². The van der Waals surface area contributed by atoms with Gasteiger partial charge in [0, 0.05) is 11.8 Å². The molecule has 0 unspecified atom stereocenters. The van der Waals surface area contributed by atoms with Gasteiger partial charge in [0.25, 0.3) is 6.08 Å². The van der Waals surface area contributed by atoms with Gasteiger partial charge in [-0.15, -0.1) is 0 Å². The summed E-state index contributed by atoms with van der Waals surface area (Å²) in [6.45, 7) is 3.78. The van der Waals surface area contributed by atoms with Crippen LogP contribution in [-0.2, 0) is 9.47 Å². The third-order valence-corrected chi connectivity index (χ3v) is 7.18. The second kappa shape index (κ2) is 11.4. The second-order valence-corrected chi connectivity index (χ2v) is 9.20. The predicted octanol–water partition coefficient (Wildman–Crippen LogP) is 7.12. The Morgan fingerprint density at radius 2 is 1.43 bits per heavy atom. The van der Waals surface area contributed by atoms with Crippen LogP contribution in [-0.4, -0.2) is 19.5 Å². The third-order valence-electron chi connectivity index (χ3n) is 7.18. The van der Waals surface area contributed by atoms with Gasteiger partial charge in [0.05, 0.1) is 13.2 Å². The Bertz CT molecular complexity index is 491. The Balaban J connectivity index is 1.34. The fourth-order valence-electron chi connectivity index (χ4n) is 5.41. The lowest BCUT2D eigenvalue weighted by Gasteiger charge is -2.40. The van der Waals surface area contributed by atoms with Gasteiger partial charge in [-0.2, -0.15) is 8.78 Å². The lowest BCUT2D eigenvalue weighted by atomic mass is 9.68. The molecule has 2 saturated carbocycles. The molecule has 2 aliphatic carbocycles. The van der Waals surface area contributed by atoms with Crippen LogP contribution in [0.3, 0.4) is 0 Å². The Morgan fingerprint density at radius 1 is 0.857 bits per heavy atom. The van der Waals surface area contributed by atoms with Crippen LogP contribution < -0.4 is 0 Å². The minimum Gasteiger partial charge on any atom is -0.352 e. The zero-order chi connectivity index (χ0) is 19.8. The minimum absolute atomic E-state index is 0.00473. The molecular formula is C24H38F2O2. The molecule has 1 saturated heterocycles. The Labute approximate surface area is 169 Å². The predicted molar refractivity (Wildman–Crippen MR) is 109 cm³/mol. The lowest BCUT2D eigenvalue weighted by molar-refractivity contribution is -0.223. The largest absolute Gasteiger partial charge is 0.352 e. The highest BCUT2D eigenvalue weighted by Crippen LogP contribution is 2.43. The maximum absolute atomic E-state index is 12.3. The van der Waals surface area contributed by atoms with Crippen LogP contribution in [0, 0.1) is 29.6 Å². The van der Waals surface area contributed by atoms with Crippen LogP contribution in [0.5, 0.6) is 0 Å². The standard InChI is InChI=1S/C24H38F2O2/c1-2-3-4-5-19-16-27-24(28-17-19)22-13-11-21(12-14-22)20-9-6-18(7-10-20)8-15-23(25)26/h4-5,15,18-22,24H,2-3,6-14,16-17H2,1H3/b5-4+. The van der Waals surface area contributed by atoms with Gasteiger partial charge in [-0.05, 0) is 88.0 Å². The molecule has 0 amide bonds. The van der Waals surface area contributed by atoms with Crippen molar-refractivity contribution in [3.63, 3.8) is 0 Å². The summed E-state index contributed by atoms with van der Waals surface area (Å²) in [5, 5.41) is 0. The quantitative estimate of drug-likeness (QED) is 0.427. The van der Waals surface area contributed by atoms with Gasteiger partial charge < -0.3 is 9.47 Å². The fraction of sp³-hybridized carbons (Fsp3) is 0.833. The Kier molecular flexibility index (Phi) is 8.98. The normalized spacial score (nSPS) is 37.1. The van der Waals surface area contributed by atoms with Crippen LogP contribution in [0.4, 0.5) is 8.78 Å². The molecule has 1 heterocycles. The van der Waals surface area contributed by atoms with Crippen LogP contribution in [0.25, 0.3) is 0 Å². The van der Waals surface area contributed by atoms with Crippen molar-refractivity contribution in [3.05, 3.63) is 24.3 Å². The summed E-state index contributed by atoms with van der Waals surface area (Å²) < 4.78 is 36.7. The Morgan fingerprint density at radius 3 is 2.00 bits per heavy atom. The van der Waals surface area contributed by atoms with E-state index in [1.807, 2.05) is 0 Å².